The molecular formula is C16H30N4O. The highest BCUT2D eigenvalue weighted by Gasteiger charge is 2.32. The third-order valence-electron chi connectivity index (χ3n) is 4.93. The number of hydrogen-bond donors (Lipinski definition) is 3. The zero-order valence-electron chi connectivity index (χ0n) is 13.5. The van der Waals surface area contributed by atoms with Gasteiger partial charge in [0.25, 0.3) is 0 Å². The Kier molecular flexibility index (Phi) is 5.88. The van der Waals surface area contributed by atoms with Gasteiger partial charge >= 0.3 is 0 Å². The first-order chi connectivity index (χ1) is 10.2. The molecule has 0 aromatic rings. The van der Waals surface area contributed by atoms with E-state index < -0.39 is 0 Å². The number of guanidine groups is 1. The summed E-state index contributed by atoms with van der Waals surface area (Å²) in [6.07, 6.45) is 8.71. The summed E-state index contributed by atoms with van der Waals surface area (Å²) in [5, 5.41) is 9.68. The van der Waals surface area contributed by atoms with Gasteiger partial charge in [0.2, 0.25) is 5.91 Å². The van der Waals surface area contributed by atoms with E-state index in [2.05, 4.69) is 27.9 Å². The van der Waals surface area contributed by atoms with Gasteiger partial charge in [-0.3, -0.25) is 9.79 Å². The molecule has 3 N–H and O–H groups in total. The predicted molar refractivity (Wildman–Crippen MR) is 86.3 cm³/mol. The van der Waals surface area contributed by atoms with Crippen molar-refractivity contribution in [2.24, 2.45) is 16.3 Å². The minimum atomic E-state index is 0.204. The lowest BCUT2D eigenvalue weighted by molar-refractivity contribution is -0.122. The fourth-order valence-corrected chi connectivity index (χ4v) is 3.13. The third-order valence-corrected chi connectivity index (χ3v) is 4.93. The van der Waals surface area contributed by atoms with Crippen LogP contribution in [-0.4, -0.2) is 38.5 Å². The Balaban J connectivity index is 1.62. The average Bonchev–Trinajstić information content (AvgIpc) is 3.26. The monoisotopic (exact) mass is 294 g/mol. The molecule has 2 aliphatic rings. The van der Waals surface area contributed by atoms with Crippen LogP contribution in [0.15, 0.2) is 4.99 Å². The van der Waals surface area contributed by atoms with E-state index in [4.69, 9.17) is 0 Å². The Labute approximate surface area is 128 Å². The van der Waals surface area contributed by atoms with Gasteiger partial charge in [-0.1, -0.05) is 19.8 Å². The first kappa shape index (κ1) is 16.1. The zero-order valence-corrected chi connectivity index (χ0v) is 13.5. The highest BCUT2D eigenvalue weighted by atomic mass is 16.2. The van der Waals surface area contributed by atoms with Gasteiger partial charge < -0.3 is 16.0 Å². The second-order valence-corrected chi connectivity index (χ2v) is 6.48. The van der Waals surface area contributed by atoms with Crippen LogP contribution in [0, 0.1) is 11.3 Å². The maximum Gasteiger partial charge on any atom is 0.223 e. The van der Waals surface area contributed by atoms with Gasteiger partial charge in [-0.2, -0.15) is 0 Å². The van der Waals surface area contributed by atoms with Crippen LogP contribution in [0.4, 0.5) is 0 Å². The lowest BCUT2D eigenvalue weighted by atomic mass is 9.83. The second kappa shape index (κ2) is 7.66. The van der Waals surface area contributed by atoms with Crippen molar-refractivity contribution in [3.63, 3.8) is 0 Å². The van der Waals surface area contributed by atoms with Gasteiger partial charge in [-0.15, -0.1) is 0 Å². The van der Waals surface area contributed by atoms with Crippen LogP contribution in [-0.2, 0) is 4.79 Å². The molecule has 1 amide bonds. The molecule has 0 aromatic carbocycles. The zero-order chi connectivity index (χ0) is 15.1. The quantitative estimate of drug-likeness (QED) is 0.380. The van der Waals surface area contributed by atoms with Crippen LogP contribution >= 0.6 is 0 Å². The Morgan fingerprint density at radius 2 is 1.81 bits per heavy atom. The molecule has 0 spiro atoms. The topological polar surface area (TPSA) is 65.5 Å². The molecule has 2 aliphatic carbocycles. The van der Waals surface area contributed by atoms with Crippen molar-refractivity contribution in [2.45, 2.75) is 51.9 Å². The van der Waals surface area contributed by atoms with Crippen LogP contribution in [0.5, 0.6) is 0 Å². The van der Waals surface area contributed by atoms with Crippen LogP contribution in [0.1, 0.15) is 51.9 Å². The van der Waals surface area contributed by atoms with Crippen LogP contribution < -0.4 is 16.0 Å². The van der Waals surface area contributed by atoms with E-state index in [0.717, 1.165) is 31.9 Å². The highest BCUT2D eigenvalue weighted by molar-refractivity contribution is 5.81. The molecule has 0 saturated heterocycles. The van der Waals surface area contributed by atoms with Crippen LogP contribution in [0.3, 0.4) is 0 Å². The summed E-state index contributed by atoms with van der Waals surface area (Å²) in [7, 11) is 1.80. The summed E-state index contributed by atoms with van der Waals surface area (Å²) in [5.41, 5.74) is 0.456. The Bertz CT molecular complexity index is 370. The Morgan fingerprint density at radius 1 is 1.14 bits per heavy atom. The number of aliphatic imine (C=N–C) groups is 1. The van der Waals surface area contributed by atoms with Crippen molar-refractivity contribution in [2.75, 3.05) is 26.7 Å². The molecule has 5 heteroatoms. The molecule has 0 unspecified atom stereocenters. The number of hydrogen-bond acceptors (Lipinski definition) is 2. The SMILES string of the molecule is CCC1(CNC(=NC)NCCNC(=O)C2CC2)CCCC1. The average molecular weight is 294 g/mol. The molecule has 2 saturated carbocycles. The van der Waals surface area contributed by atoms with Gasteiger partial charge in [-0.05, 0) is 37.5 Å². The number of amides is 1. The molecule has 2 fully saturated rings. The van der Waals surface area contributed by atoms with Gasteiger partial charge in [-0.25, -0.2) is 0 Å². The predicted octanol–water partition coefficient (Wildman–Crippen LogP) is 1.65. The molecule has 0 atom stereocenters. The molecule has 0 aromatic heterocycles. The molecule has 120 valence electrons. The number of carbonyl (C=O) groups is 1. The van der Waals surface area contributed by atoms with E-state index >= 15 is 0 Å². The van der Waals surface area contributed by atoms with E-state index in [9.17, 15) is 4.79 Å². The van der Waals surface area contributed by atoms with E-state index in [1.165, 1.54) is 32.1 Å². The molecule has 0 aliphatic heterocycles. The van der Waals surface area contributed by atoms with Gasteiger partial charge in [0.15, 0.2) is 5.96 Å². The lowest BCUT2D eigenvalue weighted by Gasteiger charge is -2.28. The maximum atomic E-state index is 11.5. The molecule has 0 bridgehead atoms. The Hall–Kier alpha value is -1.26. The molecule has 5 nitrogen and oxygen atoms in total. The molecular weight excluding hydrogens is 264 g/mol. The second-order valence-electron chi connectivity index (χ2n) is 6.48. The maximum absolute atomic E-state index is 11.5. The molecule has 0 radical (unpaired) electrons. The van der Waals surface area contributed by atoms with E-state index in [-0.39, 0.29) is 11.8 Å². The number of rotatable bonds is 7. The highest BCUT2D eigenvalue weighted by Crippen LogP contribution is 2.40. The summed E-state index contributed by atoms with van der Waals surface area (Å²) in [6, 6.07) is 0. The summed E-state index contributed by atoms with van der Waals surface area (Å²) >= 11 is 0. The Morgan fingerprint density at radius 3 is 2.38 bits per heavy atom. The first-order valence-electron chi connectivity index (χ1n) is 8.41. The van der Waals surface area contributed by atoms with Crippen molar-refractivity contribution in [3.8, 4) is 0 Å². The summed E-state index contributed by atoms with van der Waals surface area (Å²) in [6.45, 7) is 4.67. The summed E-state index contributed by atoms with van der Waals surface area (Å²) in [5.74, 6) is 1.33. The smallest absolute Gasteiger partial charge is 0.223 e. The minimum absolute atomic E-state index is 0.204. The number of nitrogens with one attached hydrogen (secondary N) is 3. The van der Waals surface area contributed by atoms with E-state index in [1.807, 2.05) is 0 Å². The van der Waals surface area contributed by atoms with Gasteiger partial charge in [0, 0.05) is 32.6 Å². The first-order valence-corrected chi connectivity index (χ1v) is 8.41. The largest absolute Gasteiger partial charge is 0.356 e. The van der Waals surface area contributed by atoms with Crippen molar-refractivity contribution in [1.29, 1.82) is 0 Å². The standard InChI is InChI=1S/C16H30N4O/c1-3-16(8-4-5-9-16)12-20-15(17-2)19-11-10-18-14(21)13-6-7-13/h13H,3-12H2,1-2H3,(H,18,21)(H2,17,19,20). The number of nitrogens with zero attached hydrogens (tertiary/aromatic N) is 1. The fraction of sp³-hybridized carbons (Fsp3) is 0.875. The number of carbonyl (C=O) groups excluding carboxylic acids is 1. The molecule has 2 rings (SSSR count). The van der Waals surface area contributed by atoms with Crippen molar-refractivity contribution < 1.29 is 4.79 Å². The van der Waals surface area contributed by atoms with Gasteiger partial charge in [0.1, 0.15) is 0 Å². The molecule has 0 heterocycles. The lowest BCUT2D eigenvalue weighted by Crippen LogP contribution is -2.45. The summed E-state index contributed by atoms with van der Waals surface area (Å²) in [4.78, 5) is 15.8. The van der Waals surface area contributed by atoms with Crippen molar-refractivity contribution in [3.05, 3.63) is 0 Å². The van der Waals surface area contributed by atoms with Crippen LogP contribution in [0.25, 0.3) is 0 Å². The summed E-state index contributed by atoms with van der Waals surface area (Å²) < 4.78 is 0. The van der Waals surface area contributed by atoms with Crippen molar-refractivity contribution >= 4 is 11.9 Å². The fourth-order valence-electron chi connectivity index (χ4n) is 3.13. The van der Waals surface area contributed by atoms with Gasteiger partial charge in [0.05, 0.1) is 0 Å². The van der Waals surface area contributed by atoms with Crippen molar-refractivity contribution in [1.82, 2.24) is 16.0 Å². The molecule has 21 heavy (non-hydrogen) atoms. The minimum Gasteiger partial charge on any atom is -0.356 e. The normalized spacial score (nSPS) is 21.1. The third kappa shape index (κ3) is 4.90. The van der Waals surface area contributed by atoms with Crippen LogP contribution in [0.2, 0.25) is 0 Å². The van der Waals surface area contributed by atoms with E-state index in [1.54, 1.807) is 7.05 Å². The van der Waals surface area contributed by atoms with E-state index in [0.29, 0.717) is 12.0 Å².